The summed E-state index contributed by atoms with van der Waals surface area (Å²) in [6.07, 6.45) is 0.492. The Bertz CT molecular complexity index is 349. The molecule has 0 aliphatic rings. The molecule has 0 spiro atoms. The van der Waals surface area contributed by atoms with Crippen molar-refractivity contribution in [1.29, 1.82) is 0 Å². The van der Waals surface area contributed by atoms with E-state index in [2.05, 4.69) is 5.32 Å². The van der Waals surface area contributed by atoms with Crippen LogP contribution in [0, 0.1) is 17.0 Å². The third-order valence-electron chi connectivity index (χ3n) is 1.72. The van der Waals surface area contributed by atoms with E-state index >= 15 is 0 Å². The minimum atomic E-state index is -0.481. The van der Waals surface area contributed by atoms with Crippen LogP contribution in [0.4, 0.5) is 11.4 Å². The van der Waals surface area contributed by atoms with Gasteiger partial charge in [0.15, 0.2) is 0 Å². The van der Waals surface area contributed by atoms with Crippen LogP contribution in [-0.2, 0) is 4.79 Å². The number of nitro groups is 1. The number of carbonyl (C=O) groups is 1. The van der Waals surface area contributed by atoms with Crippen molar-refractivity contribution in [2.75, 3.05) is 5.32 Å². The van der Waals surface area contributed by atoms with Gasteiger partial charge in [-0.1, -0.05) is 6.07 Å². The van der Waals surface area contributed by atoms with Gasteiger partial charge in [-0.3, -0.25) is 14.9 Å². The molecule has 0 atom stereocenters. The third-order valence-corrected chi connectivity index (χ3v) is 1.72. The van der Waals surface area contributed by atoms with Gasteiger partial charge in [0.1, 0.15) is 0 Å². The normalized spacial score (nSPS) is 9.31. The first-order valence-corrected chi connectivity index (χ1v) is 3.61. The molecule has 1 aromatic rings. The van der Waals surface area contributed by atoms with Gasteiger partial charge in [-0.2, -0.15) is 0 Å². The van der Waals surface area contributed by atoms with E-state index in [0.717, 1.165) is 0 Å². The zero-order valence-corrected chi connectivity index (χ0v) is 6.98. The third kappa shape index (κ3) is 1.81. The number of carbonyl (C=O) groups excluding carboxylic acids is 1. The van der Waals surface area contributed by atoms with Crippen LogP contribution in [0.1, 0.15) is 5.56 Å². The molecule has 68 valence electrons. The lowest BCUT2D eigenvalue weighted by molar-refractivity contribution is -0.385. The van der Waals surface area contributed by atoms with Crippen LogP contribution in [-0.4, -0.2) is 11.3 Å². The molecule has 5 nitrogen and oxygen atoms in total. The Kier molecular flexibility index (Phi) is 2.59. The summed E-state index contributed by atoms with van der Waals surface area (Å²) < 4.78 is 0. The highest BCUT2D eigenvalue weighted by atomic mass is 16.6. The Balaban J connectivity index is 3.17. The number of nitro benzene ring substituents is 1. The van der Waals surface area contributed by atoms with Gasteiger partial charge in [0.2, 0.25) is 6.41 Å². The van der Waals surface area contributed by atoms with Crippen LogP contribution in [0.2, 0.25) is 0 Å². The van der Waals surface area contributed by atoms with Gasteiger partial charge in [0, 0.05) is 6.07 Å². The molecule has 0 fully saturated rings. The molecular formula is C8H8N2O3. The molecule has 0 radical (unpaired) electrons. The number of nitrogens with zero attached hydrogens (tertiary/aromatic N) is 1. The molecule has 0 saturated heterocycles. The fourth-order valence-electron chi connectivity index (χ4n) is 1.04. The summed E-state index contributed by atoms with van der Waals surface area (Å²) in [5, 5.41) is 12.9. The Hall–Kier alpha value is -1.91. The number of rotatable bonds is 3. The number of amides is 1. The van der Waals surface area contributed by atoms with Gasteiger partial charge in [-0.15, -0.1) is 0 Å². The maximum atomic E-state index is 10.5. The van der Waals surface area contributed by atoms with Crippen molar-refractivity contribution in [3.8, 4) is 0 Å². The van der Waals surface area contributed by atoms with Crippen molar-refractivity contribution in [2.24, 2.45) is 0 Å². The topological polar surface area (TPSA) is 72.2 Å². The van der Waals surface area contributed by atoms with Gasteiger partial charge in [0.25, 0.3) is 5.69 Å². The fraction of sp³-hybridized carbons (Fsp3) is 0.125. The second-order valence-corrected chi connectivity index (χ2v) is 2.47. The summed E-state index contributed by atoms with van der Waals surface area (Å²) >= 11 is 0. The number of nitrogens with one attached hydrogen (secondary N) is 1. The van der Waals surface area contributed by atoms with E-state index in [9.17, 15) is 14.9 Å². The summed E-state index contributed by atoms with van der Waals surface area (Å²) in [5.41, 5.74) is 0.927. The van der Waals surface area contributed by atoms with E-state index in [-0.39, 0.29) is 5.69 Å². The molecule has 1 amide bonds. The van der Waals surface area contributed by atoms with E-state index in [1.165, 1.54) is 12.1 Å². The van der Waals surface area contributed by atoms with Gasteiger partial charge >= 0.3 is 0 Å². The minimum absolute atomic E-state index is 0.00634. The average Bonchev–Trinajstić information content (AvgIpc) is 2.08. The van der Waals surface area contributed by atoms with Crippen LogP contribution in [0.3, 0.4) is 0 Å². The molecule has 0 bridgehead atoms. The first kappa shape index (κ1) is 9.18. The first-order valence-electron chi connectivity index (χ1n) is 3.61. The Labute approximate surface area is 74.5 Å². The highest BCUT2D eigenvalue weighted by Crippen LogP contribution is 2.24. The van der Waals surface area contributed by atoms with Crippen LogP contribution in [0.5, 0.6) is 0 Å². The quantitative estimate of drug-likeness (QED) is 0.435. The lowest BCUT2D eigenvalue weighted by Crippen LogP contribution is -1.99. The van der Waals surface area contributed by atoms with Crippen LogP contribution in [0.25, 0.3) is 0 Å². The zero-order chi connectivity index (χ0) is 9.84. The SMILES string of the molecule is Cc1c(NC=O)cccc1[N+](=O)[O-]. The maximum absolute atomic E-state index is 10.5. The largest absolute Gasteiger partial charge is 0.328 e. The minimum Gasteiger partial charge on any atom is -0.328 e. The summed E-state index contributed by atoms with van der Waals surface area (Å²) in [4.78, 5) is 20.1. The lowest BCUT2D eigenvalue weighted by Gasteiger charge is -2.02. The molecule has 5 heteroatoms. The monoisotopic (exact) mass is 180 g/mol. The molecule has 0 heterocycles. The molecule has 0 aliphatic carbocycles. The van der Waals surface area contributed by atoms with E-state index in [1.54, 1.807) is 13.0 Å². The van der Waals surface area contributed by atoms with E-state index in [0.29, 0.717) is 17.7 Å². The predicted octanol–water partition coefficient (Wildman–Crippen LogP) is 1.47. The van der Waals surface area contributed by atoms with Gasteiger partial charge in [-0.25, -0.2) is 0 Å². The standard InChI is InChI=1S/C8H8N2O3/c1-6-7(9-5-11)3-2-4-8(6)10(12)13/h2-5H,1H3,(H,9,11). The van der Waals surface area contributed by atoms with Crippen molar-refractivity contribution in [3.63, 3.8) is 0 Å². The smallest absolute Gasteiger partial charge is 0.274 e. The number of anilines is 1. The molecule has 13 heavy (non-hydrogen) atoms. The van der Waals surface area contributed by atoms with Crippen molar-refractivity contribution in [2.45, 2.75) is 6.92 Å². The van der Waals surface area contributed by atoms with Crippen LogP contribution >= 0.6 is 0 Å². The lowest BCUT2D eigenvalue weighted by atomic mass is 10.1. The van der Waals surface area contributed by atoms with Crippen molar-refractivity contribution in [1.82, 2.24) is 0 Å². The summed E-state index contributed by atoms with van der Waals surface area (Å²) in [6, 6.07) is 4.53. The molecule has 0 aliphatic heterocycles. The van der Waals surface area contributed by atoms with E-state index in [4.69, 9.17) is 0 Å². The molecule has 1 rings (SSSR count). The molecular weight excluding hydrogens is 172 g/mol. The average molecular weight is 180 g/mol. The highest BCUT2D eigenvalue weighted by molar-refractivity contribution is 5.75. The Morgan fingerprint density at radius 2 is 2.23 bits per heavy atom. The van der Waals surface area contributed by atoms with Crippen molar-refractivity contribution >= 4 is 17.8 Å². The Morgan fingerprint density at radius 3 is 2.77 bits per heavy atom. The summed E-state index contributed by atoms with van der Waals surface area (Å²) in [6.45, 7) is 1.59. The van der Waals surface area contributed by atoms with Crippen molar-refractivity contribution in [3.05, 3.63) is 33.9 Å². The second kappa shape index (κ2) is 3.66. The second-order valence-electron chi connectivity index (χ2n) is 2.47. The van der Waals surface area contributed by atoms with E-state index < -0.39 is 4.92 Å². The molecule has 0 aromatic heterocycles. The molecule has 0 unspecified atom stereocenters. The number of hydrogen-bond donors (Lipinski definition) is 1. The first-order chi connectivity index (χ1) is 6.16. The molecule has 1 aromatic carbocycles. The maximum Gasteiger partial charge on any atom is 0.274 e. The van der Waals surface area contributed by atoms with Gasteiger partial charge < -0.3 is 5.32 Å². The summed E-state index contributed by atoms with van der Waals surface area (Å²) in [5.74, 6) is 0. The number of hydrogen-bond acceptors (Lipinski definition) is 3. The van der Waals surface area contributed by atoms with Crippen molar-refractivity contribution < 1.29 is 9.72 Å². The molecule has 1 N–H and O–H groups in total. The van der Waals surface area contributed by atoms with Crippen LogP contribution < -0.4 is 5.32 Å². The highest BCUT2D eigenvalue weighted by Gasteiger charge is 2.12. The fourth-order valence-corrected chi connectivity index (χ4v) is 1.04. The predicted molar refractivity (Wildman–Crippen MR) is 47.5 cm³/mol. The van der Waals surface area contributed by atoms with E-state index in [1.807, 2.05) is 0 Å². The zero-order valence-electron chi connectivity index (χ0n) is 6.98. The molecule has 0 saturated carbocycles. The van der Waals surface area contributed by atoms with Gasteiger partial charge in [-0.05, 0) is 13.0 Å². The summed E-state index contributed by atoms with van der Waals surface area (Å²) in [7, 11) is 0. The Morgan fingerprint density at radius 1 is 1.54 bits per heavy atom. The number of benzene rings is 1. The van der Waals surface area contributed by atoms with Gasteiger partial charge in [0.05, 0.1) is 16.2 Å². The van der Waals surface area contributed by atoms with Crippen LogP contribution in [0.15, 0.2) is 18.2 Å².